The lowest BCUT2D eigenvalue weighted by Gasteiger charge is -2.38. The summed E-state index contributed by atoms with van der Waals surface area (Å²) in [5.74, 6) is 0.330. The number of nitrogens with one attached hydrogen (secondary N) is 1. The average Bonchev–Trinajstić information content (AvgIpc) is 2.60. The number of hydrogen-bond donors (Lipinski definition) is 2. The number of carbonyl (C=O) groups is 1. The molecule has 1 aromatic carbocycles. The van der Waals surface area contributed by atoms with Crippen molar-refractivity contribution in [2.24, 2.45) is 0 Å². The fraction of sp³-hybridized carbons (Fsp3) is 0.400. The van der Waals surface area contributed by atoms with Gasteiger partial charge in [0.25, 0.3) is 11.5 Å². The first-order valence-corrected chi connectivity index (χ1v) is 8.77. The third-order valence-corrected chi connectivity index (χ3v) is 4.63. The molecule has 0 unspecified atom stereocenters. The molecule has 6 nitrogen and oxygen atoms in total. The van der Waals surface area contributed by atoms with E-state index in [1.165, 1.54) is 11.0 Å². The second-order valence-corrected chi connectivity index (χ2v) is 7.04. The molecule has 0 saturated carbocycles. The summed E-state index contributed by atoms with van der Waals surface area (Å²) in [5.41, 5.74) is 0.344. The highest BCUT2D eigenvalue weighted by Gasteiger charge is 2.36. The Morgan fingerprint density at radius 1 is 1.31 bits per heavy atom. The van der Waals surface area contributed by atoms with Gasteiger partial charge in [-0.1, -0.05) is 12.1 Å². The van der Waals surface area contributed by atoms with Gasteiger partial charge in [-0.3, -0.25) is 9.59 Å². The van der Waals surface area contributed by atoms with Crippen molar-refractivity contribution in [3.63, 3.8) is 0 Å². The maximum atomic E-state index is 12.7. The van der Waals surface area contributed by atoms with Gasteiger partial charge in [-0.2, -0.15) is 0 Å². The molecule has 0 aliphatic carbocycles. The third-order valence-electron chi connectivity index (χ3n) is 4.63. The van der Waals surface area contributed by atoms with Crippen LogP contribution in [0.15, 0.2) is 41.2 Å². The Labute approximate surface area is 152 Å². The minimum atomic E-state index is -1.13. The van der Waals surface area contributed by atoms with Crippen LogP contribution in [-0.4, -0.2) is 46.2 Å². The summed E-state index contributed by atoms with van der Waals surface area (Å²) in [4.78, 5) is 28.9. The number of amides is 1. The highest BCUT2D eigenvalue weighted by molar-refractivity contribution is 5.94. The molecule has 138 valence electrons. The zero-order valence-electron chi connectivity index (χ0n) is 15.1. The molecule has 0 spiro atoms. The number of β-amino-alcohol motifs (C(OH)–C–C–N with tert-alkyl or cyclic N) is 1. The number of aryl methyl sites for hydroxylation is 2. The van der Waals surface area contributed by atoms with Crippen molar-refractivity contribution < 1.29 is 14.6 Å². The molecule has 1 aromatic heterocycles. The number of hydrogen-bond acceptors (Lipinski definition) is 4. The average molecular weight is 356 g/mol. The predicted molar refractivity (Wildman–Crippen MR) is 98.6 cm³/mol. The summed E-state index contributed by atoms with van der Waals surface area (Å²) in [5, 5.41) is 10.9. The number of rotatable bonds is 4. The number of ether oxygens (including phenoxy) is 1. The van der Waals surface area contributed by atoms with Gasteiger partial charge in [-0.25, -0.2) is 0 Å². The van der Waals surface area contributed by atoms with E-state index < -0.39 is 11.2 Å². The van der Waals surface area contributed by atoms with E-state index in [2.05, 4.69) is 4.98 Å². The van der Waals surface area contributed by atoms with Crippen LogP contribution in [0.4, 0.5) is 0 Å². The molecule has 2 heterocycles. The van der Waals surface area contributed by atoms with E-state index in [-0.39, 0.29) is 24.6 Å². The van der Waals surface area contributed by atoms with E-state index in [1.54, 1.807) is 13.0 Å². The molecule has 1 amide bonds. The largest absolute Gasteiger partial charge is 0.491 e. The van der Waals surface area contributed by atoms with Crippen LogP contribution in [-0.2, 0) is 0 Å². The number of pyridine rings is 1. The van der Waals surface area contributed by atoms with Crippen molar-refractivity contribution >= 4 is 5.91 Å². The van der Waals surface area contributed by atoms with Gasteiger partial charge in [-0.05, 0) is 56.5 Å². The van der Waals surface area contributed by atoms with E-state index >= 15 is 0 Å². The number of benzene rings is 1. The van der Waals surface area contributed by atoms with Crippen LogP contribution in [0.3, 0.4) is 0 Å². The number of likely N-dealkylation sites (tertiary alicyclic amines) is 1. The Morgan fingerprint density at radius 2 is 2.12 bits per heavy atom. The smallest absolute Gasteiger partial charge is 0.260 e. The molecule has 2 aromatic rings. The first-order chi connectivity index (χ1) is 12.4. The quantitative estimate of drug-likeness (QED) is 0.878. The van der Waals surface area contributed by atoms with E-state index in [1.807, 2.05) is 31.2 Å². The molecule has 1 atom stereocenters. The number of piperidine rings is 1. The summed E-state index contributed by atoms with van der Waals surface area (Å²) >= 11 is 0. The van der Waals surface area contributed by atoms with Crippen molar-refractivity contribution in [1.29, 1.82) is 0 Å². The summed E-state index contributed by atoms with van der Waals surface area (Å²) in [6.07, 6.45) is 1.20. The monoisotopic (exact) mass is 356 g/mol. The molecular weight excluding hydrogens is 332 g/mol. The van der Waals surface area contributed by atoms with Crippen LogP contribution in [0, 0.1) is 13.8 Å². The van der Waals surface area contributed by atoms with Crippen LogP contribution in [0.1, 0.15) is 34.5 Å². The lowest BCUT2D eigenvalue weighted by atomic mass is 9.93. The van der Waals surface area contributed by atoms with Crippen LogP contribution in [0.25, 0.3) is 0 Å². The van der Waals surface area contributed by atoms with E-state index in [0.717, 1.165) is 5.56 Å². The molecule has 1 aliphatic rings. The summed E-state index contributed by atoms with van der Waals surface area (Å²) in [6, 6.07) is 10.9. The van der Waals surface area contributed by atoms with Gasteiger partial charge in [0.15, 0.2) is 0 Å². The Bertz CT molecular complexity index is 861. The van der Waals surface area contributed by atoms with Crippen LogP contribution >= 0.6 is 0 Å². The fourth-order valence-corrected chi connectivity index (χ4v) is 3.24. The molecule has 6 heteroatoms. The van der Waals surface area contributed by atoms with Gasteiger partial charge in [0.05, 0.1) is 6.54 Å². The summed E-state index contributed by atoms with van der Waals surface area (Å²) in [7, 11) is 0. The van der Waals surface area contributed by atoms with Gasteiger partial charge in [0.1, 0.15) is 23.5 Å². The second-order valence-electron chi connectivity index (χ2n) is 7.04. The zero-order chi connectivity index (χ0) is 18.7. The van der Waals surface area contributed by atoms with E-state index in [4.69, 9.17) is 4.74 Å². The molecule has 1 saturated heterocycles. The first kappa shape index (κ1) is 18.2. The third kappa shape index (κ3) is 4.14. The fourth-order valence-electron chi connectivity index (χ4n) is 3.24. The normalized spacial score (nSPS) is 20.0. The summed E-state index contributed by atoms with van der Waals surface area (Å²) in [6.45, 7) is 4.49. The van der Waals surface area contributed by atoms with Crippen molar-refractivity contribution in [2.75, 3.05) is 19.7 Å². The molecule has 26 heavy (non-hydrogen) atoms. The molecule has 0 radical (unpaired) electrons. The standard InChI is InChI=1S/C20H24N2O4/c1-14-5-3-6-16(11-14)26-13-20(25)9-4-10-22(12-20)19(24)17-8-7-15(2)21-18(17)23/h3,5-8,11,25H,4,9-10,12-13H2,1-2H3,(H,21,23)/t20-/m1/s1. The Hall–Kier alpha value is -2.60. The van der Waals surface area contributed by atoms with Crippen LogP contribution in [0.5, 0.6) is 5.75 Å². The minimum absolute atomic E-state index is 0.0967. The zero-order valence-corrected chi connectivity index (χ0v) is 15.1. The molecular formula is C20H24N2O4. The number of nitrogens with zero attached hydrogens (tertiary/aromatic N) is 1. The van der Waals surface area contributed by atoms with Crippen molar-refractivity contribution in [2.45, 2.75) is 32.3 Å². The number of aliphatic hydroxyl groups is 1. The van der Waals surface area contributed by atoms with Crippen molar-refractivity contribution in [3.8, 4) is 5.75 Å². The molecule has 0 bridgehead atoms. The maximum Gasteiger partial charge on any atom is 0.260 e. The topological polar surface area (TPSA) is 82.6 Å². The molecule has 1 fully saturated rings. The van der Waals surface area contributed by atoms with Gasteiger partial charge in [0.2, 0.25) is 0 Å². The SMILES string of the molecule is Cc1cccc(OC[C@@]2(O)CCCN(C(=O)c3ccc(C)[nH]c3=O)C2)c1. The van der Waals surface area contributed by atoms with Crippen LogP contribution in [0.2, 0.25) is 0 Å². The highest BCUT2D eigenvalue weighted by Crippen LogP contribution is 2.24. The minimum Gasteiger partial charge on any atom is -0.491 e. The van der Waals surface area contributed by atoms with Gasteiger partial charge in [-0.15, -0.1) is 0 Å². The van der Waals surface area contributed by atoms with Crippen LogP contribution < -0.4 is 10.3 Å². The number of H-pyrrole nitrogens is 1. The lowest BCUT2D eigenvalue weighted by Crippen LogP contribution is -2.53. The number of aromatic nitrogens is 1. The highest BCUT2D eigenvalue weighted by atomic mass is 16.5. The Kier molecular flexibility index (Phi) is 5.13. The van der Waals surface area contributed by atoms with Crippen molar-refractivity contribution in [3.05, 3.63) is 63.6 Å². The Morgan fingerprint density at radius 3 is 2.85 bits per heavy atom. The number of aromatic amines is 1. The first-order valence-electron chi connectivity index (χ1n) is 8.77. The second kappa shape index (κ2) is 7.33. The lowest BCUT2D eigenvalue weighted by molar-refractivity contribution is -0.0532. The molecule has 2 N–H and O–H groups in total. The molecule has 3 rings (SSSR count). The predicted octanol–water partition coefficient (Wildman–Crippen LogP) is 2.04. The van der Waals surface area contributed by atoms with Gasteiger partial charge in [0, 0.05) is 12.2 Å². The van der Waals surface area contributed by atoms with E-state index in [9.17, 15) is 14.7 Å². The van der Waals surface area contributed by atoms with Crippen molar-refractivity contribution in [1.82, 2.24) is 9.88 Å². The molecule has 1 aliphatic heterocycles. The van der Waals surface area contributed by atoms with Gasteiger partial charge < -0.3 is 19.7 Å². The maximum absolute atomic E-state index is 12.7. The number of carbonyl (C=O) groups excluding carboxylic acids is 1. The Balaban J connectivity index is 1.69. The summed E-state index contributed by atoms with van der Waals surface area (Å²) < 4.78 is 5.75. The van der Waals surface area contributed by atoms with Gasteiger partial charge >= 0.3 is 0 Å². The van der Waals surface area contributed by atoms with E-state index in [0.29, 0.717) is 30.8 Å².